The molecule has 3 fully saturated rings. The van der Waals surface area contributed by atoms with Crippen molar-refractivity contribution in [2.75, 3.05) is 19.6 Å². The van der Waals surface area contributed by atoms with E-state index in [4.69, 9.17) is 0 Å². The summed E-state index contributed by atoms with van der Waals surface area (Å²) >= 11 is 0. The predicted octanol–water partition coefficient (Wildman–Crippen LogP) is 3.56. The largest absolute Gasteiger partial charge is 0.312 e. The molecule has 3 aliphatic rings. The Balaban J connectivity index is 1.56. The third-order valence-electron chi connectivity index (χ3n) is 5.69. The molecule has 1 N–H and O–H groups in total. The van der Waals surface area contributed by atoms with E-state index in [-0.39, 0.29) is 0 Å². The summed E-state index contributed by atoms with van der Waals surface area (Å²) in [5, 5.41) is 3.81. The number of likely N-dealkylation sites (tertiary alicyclic amines) is 1. The van der Waals surface area contributed by atoms with E-state index < -0.39 is 0 Å². The summed E-state index contributed by atoms with van der Waals surface area (Å²) in [6, 6.07) is 1.66. The van der Waals surface area contributed by atoms with Crippen molar-refractivity contribution in [2.24, 2.45) is 5.92 Å². The second-order valence-electron chi connectivity index (χ2n) is 7.12. The van der Waals surface area contributed by atoms with E-state index in [1.54, 1.807) is 0 Å². The van der Waals surface area contributed by atoms with Gasteiger partial charge < -0.3 is 5.32 Å². The molecule has 0 aromatic rings. The van der Waals surface area contributed by atoms with Gasteiger partial charge in [0.05, 0.1) is 0 Å². The third kappa shape index (κ3) is 3.72. The summed E-state index contributed by atoms with van der Waals surface area (Å²) in [6.07, 6.45) is 16.1. The van der Waals surface area contributed by atoms with Crippen LogP contribution in [0, 0.1) is 5.92 Å². The molecule has 3 rings (SSSR count). The van der Waals surface area contributed by atoms with Gasteiger partial charge in [-0.3, -0.25) is 4.90 Å². The van der Waals surface area contributed by atoms with Crippen LogP contribution in [0.4, 0.5) is 0 Å². The first-order valence-corrected chi connectivity index (χ1v) is 8.91. The van der Waals surface area contributed by atoms with Crippen LogP contribution in [-0.4, -0.2) is 36.6 Å². The maximum atomic E-state index is 3.81. The minimum atomic E-state index is 0.803. The lowest BCUT2D eigenvalue weighted by Gasteiger charge is -2.44. The summed E-state index contributed by atoms with van der Waals surface area (Å²) in [5.74, 6) is 1.01. The lowest BCUT2D eigenvalue weighted by molar-refractivity contribution is 0.0790. The molecular weight excluding hydrogens is 232 g/mol. The quantitative estimate of drug-likeness (QED) is 0.838. The molecule has 2 aliphatic heterocycles. The Bertz CT molecular complexity index is 254. The highest BCUT2D eigenvalue weighted by Gasteiger charge is 2.31. The standard InChI is InChI=1S/C17H32N2/c1-2-8-15(9-3-1)14-19-13-7-5-11-17(19)16-10-4-6-12-18-16/h15-18H,1-14H2. The van der Waals surface area contributed by atoms with Crippen molar-refractivity contribution < 1.29 is 0 Å². The third-order valence-corrected chi connectivity index (χ3v) is 5.69. The first-order chi connectivity index (χ1) is 9.43. The molecule has 2 heterocycles. The van der Waals surface area contributed by atoms with E-state index in [0.717, 1.165) is 18.0 Å². The van der Waals surface area contributed by atoms with Gasteiger partial charge in [0.1, 0.15) is 0 Å². The summed E-state index contributed by atoms with van der Waals surface area (Å²) in [5.41, 5.74) is 0. The second kappa shape index (κ2) is 7.08. The topological polar surface area (TPSA) is 15.3 Å². The fourth-order valence-electron chi connectivity index (χ4n) is 4.61. The van der Waals surface area contributed by atoms with Crippen molar-refractivity contribution in [1.82, 2.24) is 10.2 Å². The highest BCUT2D eigenvalue weighted by Crippen LogP contribution is 2.29. The van der Waals surface area contributed by atoms with Crippen molar-refractivity contribution in [3.8, 4) is 0 Å². The van der Waals surface area contributed by atoms with E-state index in [1.165, 1.54) is 90.3 Å². The van der Waals surface area contributed by atoms with Gasteiger partial charge in [-0.15, -0.1) is 0 Å². The zero-order chi connectivity index (χ0) is 12.9. The van der Waals surface area contributed by atoms with Crippen LogP contribution in [0.1, 0.15) is 70.6 Å². The minimum Gasteiger partial charge on any atom is -0.312 e. The minimum absolute atomic E-state index is 0.803. The van der Waals surface area contributed by atoms with Crippen LogP contribution in [-0.2, 0) is 0 Å². The highest BCUT2D eigenvalue weighted by atomic mass is 15.2. The molecule has 0 bridgehead atoms. The number of rotatable bonds is 3. The lowest BCUT2D eigenvalue weighted by Crippen LogP contribution is -2.54. The first-order valence-electron chi connectivity index (χ1n) is 8.91. The monoisotopic (exact) mass is 264 g/mol. The number of piperidine rings is 2. The van der Waals surface area contributed by atoms with Crippen molar-refractivity contribution in [3.63, 3.8) is 0 Å². The molecule has 0 aromatic carbocycles. The Labute approximate surface area is 119 Å². The Kier molecular flexibility index (Phi) is 5.17. The Morgan fingerprint density at radius 3 is 2.37 bits per heavy atom. The highest BCUT2D eigenvalue weighted by molar-refractivity contribution is 4.90. The Morgan fingerprint density at radius 2 is 1.58 bits per heavy atom. The molecular formula is C17H32N2. The maximum absolute atomic E-state index is 3.81. The molecule has 2 atom stereocenters. The molecule has 2 unspecified atom stereocenters. The first kappa shape index (κ1) is 13.9. The van der Waals surface area contributed by atoms with Gasteiger partial charge in [0, 0.05) is 18.6 Å². The van der Waals surface area contributed by atoms with Crippen molar-refractivity contribution >= 4 is 0 Å². The molecule has 1 aliphatic carbocycles. The number of hydrogen-bond acceptors (Lipinski definition) is 2. The van der Waals surface area contributed by atoms with E-state index in [1.807, 2.05) is 0 Å². The summed E-state index contributed by atoms with van der Waals surface area (Å²) < 4.78 is 0. The van der Waals surface area contributed by atoms with E-state index in [2.05, 4.69) is 10.2 Å². The van der Waals surface area contributed by atoms with Crippen LogP contribution < -0.4 is 5.32 Å². The maximum Gasteiger partial charge on any atom is 0.0249 e. The summed E-state index contributed by atoms with van der Waals surface area (Å²) in [4.78, 5) is 2.88. The van der Waals surface area contributed by atoms with E-state index in [0.29, 0.717) is 0 Å². The fourth-order valence-corrected chi connectivity index (χ4v) is 4.61. The zero-order valence-electron chi connectivity index (χ0n) is 12.6. The van der Waals surface area contributed by atoms with Gasteiger partial charge in [0.2, 0.25) is 0 Å². The van der Waals surface area contributed by atoms with Crippen LogP contribution in [0.5, 0.6) is 0 Å². The number of nitrogens with one attached hydrogen (secondary N) is 1. The molecule has 0 radical (unpaired) electrons. The predicted molar refractivity (Wildman–Crippen MR) is 81.4 cm³/mol. The van der Waals surface area contributed by atoms with Crippen LogP contribution in [0.2, 0.25) is 0 Å². The van der Waals surface area contributed by atoms with Crippen LogP contribution in [0.3, 0.4) is 0 Å². The molecule has 0 aromatic heterocycles. The summed E-state index contributed by atoms with van der Waals surface area (Å²) in [7, 11) is 0. The fraction of sp³-hybridized carbons (Fsp3) is 1.00. The average Bonchev–Trinajstić information content (AvgIpc) is 2.50. The van der Waals surface area contributed by atoms with Gasteiger partial charge in [-0.05, 0) is 57.5 Å². The van der Waals surface area contributed by atoms with Crippen LogP contribution in [0.15, 0.2) is 0 Å². The van der Waals surface area contributed by atoms with Gasteiger partial charge in [-0.2, -0.15) is 0 Å². The number of hydrogen-bond donors (Lipinski definition) is 1. The van der Waals surface area contributed by atoms with Gasteiger partial charge in [0.25, 0.3) is 0 Å². The molecule has 2 heteroatoms. The normalized spacial score (nSPS) is 35.4. The van der Waals surface area contributed by atoms with Gasteiger partial charge >= 0.3 is 0 Å². The van der Waals surface area contributed by atoms with Crippen LogP contribution in [0.25, 0.3) is 0 Å². The molecule has 110 valence electrons. The van der Waals surface area contributed by atoms with E-state index >= 15 is 0 Å². The second-order valence-corrected chi connectivity index (χ2v) is 7.12. The SMILES string of the molecule is C1CCC(CN2CCCCC2C2CCCCN2)CC1. The molecule has 0 amide bonds. The lowest BCUT2D eigenvalue weighted by atomic mass is 9.85. The van der Waals surface area contributed by atoms with Gasteiger partial charge in [0.15, 0.2) is 0 Å². The molecule has 1 saturated carbocycles. The van der Waals surface area contributed by atoms with Crippen molar-refractivity contribution in [1.29, 1.82) is 0 Å². The average molecular weight is 264 g/mol. The number of nitrogens with zero attached hydrogens (tertiary/aromatic N) is 1. The molecule has 19 heavy (non-hydrogen) atoms. The Morgan fingerprint density at radius 1 is 0.789 bits per heavy atom. The smallest absolute Gasteiger partial charge is 0.0249 e. The zero-order valence-corrected chi connectivity index (χ0v) is 12.6. The van der Waals surface area contributed by atoms with Crippen molar-refractivity contribution in [2.45, 2.75) is 82.7 Å². The van der Waals surface area contributed by atoms with Crippen LogP contribution >= 0.6 is 0 Å². The van der Waals surface area contributed by atoms with E-state index in [9.17, 15) is 0 Å². The van der Waals surface area contributed by atoms with Crippen molar-refractivity contribution in [3.05, 3.63) is 0 Å². The molecule has 2 saturated heterocycles. The molecule has 0 spiro atoms. The summed E-state index contributed by atoms with van der Waals surface area (Å²) in [6.45, 7) is 4.04. The Hall–Kier alpha value is -0.0800. The molecule has 2 nitrogen and oxygen atoms in total. The van der Waals surface area contributed by atoms with Gasteiger partial charge in [-0.1, -0.05) is 32.1 Å². The van der Waals surface area contributed by atoms with Gasteiger partial charge in [-0.25, -0.2) is 0 Å².